The highest BCUT2D eigenvalue weighted by Gasteiger charge is 2.19. The SMILES string of the molecule is CCNCCCc1nnc(-c2cc(F)ccc2[N+](=O)[O-])s1. The number of nitro benzene ring substituents is 1. The molecule has 0 saturated carbocycles. The average molecular weight is 310 g/mol. The predicted octanol–water partition coefficient (Wildman–Crippen LogP) is 2.79. The predicted molar refractivity (Wildman–Crippen MR) is 78.8 cm³/mol. The molecule has 21 heavy (non-hydrogen) atoms. The van der Waals surface area contributed by atoms with Crippen LogP contribution in [0.3, 0.4) is 0 Å². The number of nitrogens with zero attached hydrogens (tertiary/aromatic N) is 3. The van der Waals surface area contributed by atoms with Gasteiger partial charge in [-0.05, 0) is 31.6 Å². The van der Waals surface area contributed by atoms with E-state index in [2.05, 4.69) is 15.5 Å². The molecule has 6 nitrogen and oxygen atoms in total. The molecule has 0 saturated heterocycles. The van der Waals surface area contributed by atoms with E-state index in [1.54, 1.807) is 0 Å². The van der Waals surface area contributed by atoms with Gasteiger partial charge in [0.05, 0.1) is 10.5 Å². The summed E-state index contributed by atoms with van der Waals surface area (Å²) in [5.41, 5.74) is 0.0159. The van der Waals surface area contributed by atoms with Crippen molar-refractivity contribution in [1.29, 1.82) is 0 Å². The van der Waals surface area contributed by atoms with E-state index in [1.807, 2.05) is 6.92 Å². The van der Waals surface area contributed by atoms with Gasteiger partial charge in [-0.15, -0.1) is 10.2 Å². The minimum Gasteiger partial charge on any atom is -0.317 e. The van der Waals surface area contributed by atoms with Gasteiger partial charge in [-0.1, -0.05) is 18.3 Å². The molecular weight excluding hydrogens is 295 g/mol. The fourth-order valence-corrected chi connectivity index (χ4v) is 2.75. The lowest BCUT2D eigenvalue weighted by Crippen LogP contribution is -2.14. The average Bonchev–Trinajstić information content (AvgIpc) is 2.92. The molecule has 2 aromatic rings. The minimum absolute atomic E-state index is 0.160. The van der Waals surface area contributed by atoms with Gasteiger partial charge in [-0.3, -0.25) is 10.1 Å². The van der Waals surface area contributed by atoms with E-state index >= 15 is 0 Å². The fraction of sp³-hybridized carbons (Fsp3) is 0.385. The number of hydrogen-bond donors (Lipinski definition) is 1. The van der Waals surface area contributed by atoms with Crippen LogP contribution in [0.5, 0.6) is 0 Å². The molecule has 1 aromatic heterocycles. The zero-order valence-corrected chi connectivity index (χ0v) is 12.3. The molecule has 0 amide bonds. The van der Waals surface area contributed by atoms with Crippen LogP contribution in [0.15, 0.2) is 18.2 Å². The topological polar surface area (TPSA) is 81.0 Å². The van der Waals surface area contributed by atoms with Crippen LogP contribution < -0.4 is 5.32 Å². The van der Waals surface area contributed by atoms with E-state index in [4.69, 9.17) is 0 Å². The zero-order chi connectivity index (χ0) is 15.2. The molecule has 1 heterocycles. The number of rotatable bonds is 7. The molecule has 0 bridgehead atoms. The number of nitrogens with one attached hydrogen (secondary N) is 1. The Bertz CT molecular complexity index is 632. The Labute approximate surface area is 125 Å². The van der Waals surface area contributed by atoms with Gasteiger partial charge < -0.3 is 5.32 Å². The normalized spacial score (nSPS) is 10.8. The van der Waals surface area contributed by atoms with Gasteiger partial charge in [0.25, 0.3) is 5.69 Å². The van der Waals surface area contributed by atoms with Crippen LogP contribution in [-0.4, -0.2) is 28.2 Å². The largest absolute Gasteiger partial charge is 0.317 e. The molecule has 112 valence electrons. The lowest BCUT2D eigenvalue weighted by molar-refractivity contribution is -0.384. The lowest BCUT2D eigenvalue weighted by atomic mass is 10.2. The molecule has 2 rings (SSSR count). The first-order chi connectivity index (χ1) is 10.1. The number of aromatic nitrogens is 2. The van der Waals surface area contributed by atoms with Gasteiger partial charge in [-0.2, -0.15) is 0 Å². The van der Waals surface area contributed by atoms with Crippen molar-refractivity contribution in [3.8, 4) is 10.6 Å². The summed E-state index contributed by atoms with van der Waals surface area (Å²) < 4.78 is 13.3. The Morgan fingerprint density at radius 3 is 2.95 bits per heavy atom. The van der Waals surface area contributed by atoms with E-state index < -0.39 is 10.7 Å². The fourth-order valence-electron chi connectivity index (χ4n) is 1.84. The molecule has 1 aromatic carbocycles. The highest BCUT2D eigenvalue weighted by Crippen LogP contribution is 2.32. The lowest BCUT2D eigenvalue weighted by Gasteiger charge is -1.99. The number of hydrogen-bond acceptors (Lipinski definition) is 6. The molecule has 0 fully saturated rings. The summed E-state index contributed by atoms with van der Waals surface area (Å²) in [5, 5.41) is 23.3. The summed E-state index contributed by atoms with van der Waals surface area (Å²) in [6.07, 6.45) is 1.65. The number of benzene rings is 1. The monoisotopic (exact) mass is 310 g/mol. The van der Waals surface area contributed by atoms with E-state index in [1.165, 1.54) is 11.3 Å². The van der Waals surface area contributed by atoms with Gasteiger partial charge in [0.15, 0.2) is 5.01 Å². The second kappa shape index (κ2) is 7.19. The van der Waals surface area contributed by atoms with Crippen molar-refractivity contribution in [2.24, 2.45) is 0 Å². The first-order valence-corrected chi connectivity index (χ1v) is 7.41. The molecule has 0 aliphatic carbocycles. The zero-order valence-electron chi connectivity index (χ0n) is 11.5. The third kappa shape index (κ3) is 4.02. The highest BCUT2D eigenvalue weighted by molar-refractivity contribution is 7.14. The van der Waals surface area contributed by atoms with Gasteiger partial charge in [-0.25, -0.2) is 4.39 Å². The Kier molecular flexibility index (Phi) is 5.29. The Morgan fingerprint density at radius 2 is 2.24 bits per heavy atom. The summed E-state index contributed by atoms with van der Waals surface area (Å²) >= 11 is 1.26. The maximum Gasteiger partial charge on any atom is 0.279 e. The Morgan fingerprint density at radius 1 is 1.43 bits per heavy atom. The third-order valence-electron chi connectivity index (χ3n) is 2.85. The van der Waals surface area contributed by atoms with Gasteiger partial charge >= 0.3 is 0 Å². The highest BCUT2D eigenvalue weighted by atomic mass is 32.1. The number of nitro groups is 1. The smallest absolute Gasteiger partial charge is 0.279 e. The van der Waals surface area contributed by atoms with Crippen LogP contribution in [0.1, 0.15) is 18.4 Å². The molecule has 1 N–H and O–H groups in total. The minimum atomic E-state index is -0.541. The molecule has 8 heteroatoms. The summed E-state index contributed by atoms with van der Waals surface area (Å²) in [6.45, 7) is 3.83. The van der Waals surface area contributed by atoms with Crippen LogP contribution in [-0.2, 0) is 6.42 Å². The quantitative estimate of drug-likeness (QED) is 0.483. The summed E-state index contributed by atoms with van der Waals surface area (Å²) in [5.74, 6) is -0.528. The van der Waals surface area contributed by atoms with Gasteiger partial charge in [0, 0.05) is 12.5 Å². The van der Waals surface area contributed by atoms with Crippen LogP contribution in [0.25, 0.3) is 10.6 Å². The third-order valence-corrected chi connectivity index (χ3v) is 3.86. The van der Waals surface area contributed by atoms with Crippen LogP contribution in [0, 0.1) is 15.9 Å². The van der Waals surface area contributed by atoms with Crippen molar-refractivity contribution in [2.75, 3.05) is 13.1 Å². The van der Waals surface area contributed by atoms with Crippen molar-refractivity contribution in [2.45, 2.75) is 19.8 Å². The summed E-state index contributed by atoms with van der Waals surface area (Å²) in [7, 11) is 0. The van der Waals surface area contributed by atoms with E-state index in [0.29, 0.717) is 5.01 Å². The molecule has 0 unspecified atom stereocenters. The van der Waals surface area contributed by atoms with Gasteiger partial charge in [0.2, 0.25) is 0 Å². The van der Waals surface area contributed by atoms with Crippen molar-refractivity contribution < 1.29 is 9.31 Å². The van der Waals surface area contributed by atoms with Crippen LogP contribution in [0.4, 0.5) is 10.1 Å². The summed E-state index contributed by atoms with van der Waals surface area (Å²) in [4.78, 5) is 10.4. The van der Waals surface area contributed by atoms with Crippen molar-refractivity contribution in [1.82, 2.24) is 15.5 Å². The maximum atomic E-state index is 13.3. The molecule has 0 radical (unpaired) electrons. The standard InChI is InChI=1S/C13H15FN4O2S/c1-2-15-7-3-4-12-16-17-13(21-12)10-8-9(14)5-6-11(10)18(19)20/h5-6,8,15H,2-4,7H2,1H3. The van der Waals surface area contributed by atoms with E-state index in [-0.39, 0.29) is 11.3 Å². The van der Waals surface area contributed by atoms with Crippen LogP contribution >= 0.6 is 11.3 Å². The molecule has 0 aliphatic rings. The molecule has 0 aliphatic heterocycles. The summed E-state index contributed by atoms with van der Waals surface area (Å²) in [6, 6.07) is 3.35. The first-order valence-electron chi connectivity index (χ1n) is 6.59. The Hall–Kier alpha value is -1.93. The van der Waals surface area contributed by atoms with Crippen LogP contribution in [0.2, 0.25) is 0 Å². The number of aryl methyl sites for hydroxylation is 1. The molecule has 0 spiro atoms. The maximum absolute atomic E-state index is 13.3. The first kappa shape index (κ1) is 15.5. The van der Waals surface area contributed by atoms with Gasteiger partial charge in [0.1, 0.15) is 10.8 Å². The van der Waals surface area contributed by atoms with E-state index in [0.717, 1.165) is 49.1 Å². The van der Waals surface area contributed by atoms with Crippen molar-refractivity contribution >= 4 is 17.0 Å². The van der Waals surface area contributed by atoms with Crippen molar-refractivity contribution in [3.63, 3.8) is 0 Å². The number of halogens is 1. The molecule has 0 atom stereocenters. The Balaban J connectivity index is 2.17. The van der Waals surface area contributed by atoms with E-state index in [9.17, 15) is 14.5 Å². The second-order valence-electron chi connectivity index (χ2n) is 4.38. The second-order valence-corrected chi connectivity index (χ2v) is 5.44. The molecular formula is C13H15FN4O2S. The van der Waals surface area contributed by atoms with Crippen molar-refractivity contribution in [3.05, 3.63) is 39.1 Å².